The molecular weight excluding hydrogens is 338 g/mol. The zero-order chi connectivity index (χ0) is 19.5. The third kappa shape index (κ3) is 6.85. The van der Waals surface area contributed by atoms with Crippen LogP contribution in [-0.4, -0.2) is 37.3 Å². The number of methoxy groups -OCH3 is 1. The van der Waals surface area contributed by atoms with Gasteiger partial charge in [-0.2, -0.15) is 0 Å². The van der Waals surface area contributed by atoms with Gasteiger partial charge in [0.2, 0.25) is 0 Å². The summed E-state index contributed by atoms with van der Waals surface area (Å²) in [5.41, 5.74) is 2.19. The number of phenols is 1. The van der Waals surface area contributed by atoms with Crippen LogP contribution in [0, 0.1) is 0 Å². The van der Waals surface area contributed by atoms with Crippen molar-refractivity contribution >= 4 is 5.96 Å². The highest BCUT2D eigenvalue weighted by Crippen LogP contribution is 2.29. The number of aryl methyl sites for hydroxylation is 1. The Bertz CT molecular complexity index is 717. The molecule has 2 rings (SSSR count). The van der Waals surface area contributed by atoms with E-state index in [9.17, 15) is 5.11 Å². The Kier molecular flexibility index (Phi) is 8.49. The van der Waals surface area contributed by atoms with E-state index >= 15 is 0 Å². The lowest BCUT2D eigenvalue weighted by molar-refractivity contribution is 0.370. The monoisotopic (exact) mass is 369 g/mol. The fraction of sp³-hybridized carbons (Fsp3) is 0.409. The number of hydrogen-bond acceptors (Lipinski definition) is 3. The lowest BCUT2D eigenvalue weighted by Gasteiger charge is -2.18. The van der Waals surface area contributed by atoms with Crippen LogP contribution in [0.5, 0.6) is 11.5 Å². The van der Waals surface area contributed by atoms with E-state index in [-0.39, 0.29) is 5.75 Å². The summed E-state index contributed by atoms with van der Waals surface area (Å²) in [4.78, 5) is 4.64. The minimum atomic E-state index is 0.199. The molecule has 3 N–H and O–H groups in total. The number of para-hydroxylation sites is 1. The Morgan fingerprint density at radius 2 is 1.89 bits per heavy atom. The lowest BCUT2D eigenvalue weighted by atomic mass is 10.1. The van der Waals surface area contributed by atoms with Gasteiger partial charge in [-0.3, -0.25) is 4.99 Å². The zero-order valence-corrected chi connectivity index (χ0v) is 16.5. The van der Waals surface area contributed by atoms with Crippen LogP contribution in [0.3, 0.4) is 0 Å². The van der Waals surface area contributed by atoms with Gasteiger partial charge in [-0.25, -0.2) is 0 Å². The van der Waals surface area contributed by atoms with Crippen molar-refractivity contribution in [3.8, 4) is 11.5 Å². The average molecular weight is 370 g/mol. The number of guanidine groups is 1. The van der Waals surface area contributed by atoms with Crippen LogP contribution in [0.25, 0.3) is 0 Å². The summed E-state index contributed by atoms with van der Waals surface area (Å²) in [7, 11) is 1.56. The predicted octanol–water partition coefficient (Wildman–Crippen LogP) is 3.52. The number of aromatic hydroxyl groups is 1. The molecule has 146 valence electrons. The summed E-state index contributed by atoms with van der Waals surface area (Å²) in [6, 6.07) is 16.4. The third-order valence-electron chi connectivity index (χ3n) is 4.39. The van der Waals surface area contributed by atoms with Crippen molar-refractivity contribution in [2.45, 2.75) is 39.2 Å². The second-order valence-electron chi connectivity index (χ2n) is 6.55. The van der Waals surface area contributed by atoms with Gasteiger partial charge < -0.3 is 20.5 Å². The van der Waals surface area contributed by atoms with E-state index in [0.29, 0.717) is 24.8 Å². The molecule has 0 aliphatic rings. The first-order valence-electron chi connectivity index (χ1n) is 9.57. The van der Waals surface area contributed by atoms with Gasteiger partial charge in [0, 0.05) is 19.1 Å². The fourth-order valence-electron chi connectivity index (χ4n) is 2.88. The van der Waals surface area contributed by atoms with Crippen molar-refractivity contribution in [2.24, 2.45) is 4.99 Å². The molecular formula is C22H31N3O2. The first-order chi connectivity index (χ1) is 13.1. The standard InChI is InChI=1S/C22H31N3O2/c1-4-23-22(25-17(2)13-14-18-9-6-5-7-10-18)24-16-15-19-11-8-12-20(27-3)21(19)26/h5-12,17,26H,4,13-16H2,1-3H3,(H2,23,24,25). The van der Waals surface area contributed by atoms with Crippen LogP contribution in [0.1, 0.15) is 31.4 Å². The SMILES string of the molecule is CCNC(=NCCc1cccc(OC)c1O)NC(C)CCc1ccccc1. The summed E-state index contributed by atoms with van der Waals surface area (Å²) in [5.74, 6) is 1.50. The zero-order valence-electron chi connectivity index (χ0n) is 16.5. The second kappa shape index (κ2) is 11.1. The molecule has 0 bridgehead atoms. The third-order valence-corrected chi connectivity index (χ3v) is 4.39. The Labute approximate surface area is 162 Å². The quantitative estimate of drug-likeness (QED) is 0.467. The van der Waals surface area contributed by atoms with Crippen LogP contribution in [-0.2, 0) is 12.8 Å². The molecule has 1 atom stereocenters. The predicted molar refractivity (Wildman–Crippen MR) is 112 cm³/mol. The highest BCUT2D eigenvalue weighted by molar-refractivity contribution is 5.80. The van der Waals surface area contributed by atoms with Crippen molar-refractivity contribution in [1.82, 2.24) is 10.6 Å². The lowest BCUT2D eigenvalue weighted by Crippen LogP contribution is -2.42. The number of rotatable bonds is 9. The molecule has 0 aliphatic carbocycles. The molecule has 1 unspecified atom stereocenters. The van der Waals surface area contributed by atoms with Crippen molar-refractivity contribution in [3.63, 3.8) is 0 Å². The number of hydrogen-bond donors (Lipinski definition) is 3. The van der Waals surface area contributed by atoms with Crippen LogP contribution < -0.4 is 15.4 Å². The molecule has 0 saturated carbocycles. The molecule has 0 radical (unpaired) electrons. The van der Waals surface area contributed by atoms with E-state index in [2.05, 4.69) is 53.7 Å². The molecule has 0 aliphatic heterocycles. The van der Waals surface area contributed by atoms with Crippen LogP contribution in [0.4, 0.5) is 0 Å². The second-order valence-corrected chi connectivity index (χ2v) is 6.55. The first-order valence-corrected chi connectivity index (χ1v) is 9.57. The molecule has 0 fully saturated rings. The Morgan fingerprint density at radius 1 is 1.11 bits per heavy atom. The van der Waals surface area contributed by atoms with Crippen LogP contribution in [0.2, 0.25) is 0 Å². The van der Waals surface area contributed by atoms with E-state index in [1.165, 1.54) is 5.56 Å². The molecule has 0 saturated heterocycles. The highest BCUT2D eigenvalue weighted by atomic mass is 16.5. The highest BCUT2D eigenvalue weighted by Gasteiger charge is 2.08. The van der Waals surface area contributed by atoms with E-state index in [0.717, 1.165) is 30.9 Å². The van der Waals surface area contributed by atoms with E-state index in [4.69, 9.17) is 4.74 Å². The molecule has 0 aromatic heterocycles. The molecule has 27 heavy (non-hydrogen) atoms. The van der Waals surface area contributed by atoms with Crippen molar-refractivity contribution in [1.29, 1.82) is 0 Å². The summed E-state index contributed by atoms with van der Waals surface area (Å²) in [6.45, 7) is 5.62. The fourth-order valence-corrected chi connectivity index (χ4v) is 2.88. The smallest absolute Gasteiger partial charge is 0.191 e. The topological polar surface area (TPSA) is 65.9 Å². The molecule has 0 amide bonds. The summed E-state index contributed by atoms with van der Waals surface area (Å²) >= 11 is 0. The minimum absolute atomic E-state index is 0.199. The maximum absolute atomic E-state index is 10.2. The van der Waals surface area contributed by atoms with Gasteiger partial charge in [-0.05, 0) is 50.3 Å². The largest absolute Gasteiger partial charge is 0.504 e. The molecule has 5 nitrogen and oxygen atoms in total. The van der Waals surface area contributed by atoms with Gasteiger partial charge >= 0.3 is 0 Å². The van der Waals surface area contributed by atoms with E-state index < -0.39 is 0 Å². The maximum atomic E-state index is 10.2. The van der Waals surface area contributed by atoms with Crippen molar-refractivity contribution in [2.75, 3.05) is 20.2 Å². The minimum Gasteiger partial charge on any atom is -0.504 e. The Hall–Kier alpha value is -2.69. The number of phenolic OH excluding ortho intramolecular Hbond substituents is 1. The van der Waals surface area contributed by atoms with Gasteiger partial charge in [0.1, 0.15) is 0 Å². The summed E-state index contributed by atoms with van der Waals surface area (Å²) < 4.78 is 5.16. The van der Waals surface area contributed by atoms with E-state index in [1.54, 1.807) is 13.2 Å². The van der Waals surface area contributed by atoms with Crippen LogP contribution in [0.15, 0.2) is 53.5 Å². The molecule has 5 heteroatoms. The molecule has 2 aromatic rings. The molecule has 0 spiro atoms. The number of nitrogens with zero attached hydrogens (tertiary/aromatic N) is 1. The normalized spacial score (nSPS) is 12.5. The van der Waals surface area contributed by atoms with Crippen molar-refractivity contribution < 1.29 is 9.84 Å². The van der Waals surface area contributed by atoms with Crippen LogP contribution >= 0.6 is 0 Å². The Morgan fingerprint density at radius 3 is 2.59 bits per heavy atom. The molecule has 0 heterocycles. The van der Waals surface area contributed by atoms with Gasteiger partial charge in [-0.1, -0.05) is 42.5 Å². The van der Waals surface area contributed by atoms with Gasteiger partial charge in [-0.15, -0.1) is 0 Å². The number of ether oxygens (including phenoxy) is 1. The van der Waals surface area contributed by atoms with Gasteiger partial charge in [0.15, 0.2) is 17.5 Å². The number of nitrogens with one attached hydrogen (secondary N) is 2. The number of aliphatic imine (C=N–C) groups is 1. The Balaban J connectivity index is 1.88. The number of benzene rings is 2. The van der Waals surface area contributed by atoms with Gasteiger partial charge in [0.25, 0.3) is 0 Å². The van der Waals surface area contributed by atoms with E-state index in [1.807, 2.05) is 18.2 Å². The maximum Gasteiger partial charge on any atom is 0.191 e. The van der Waals surface area contributed by atoms with Crippen molar-refractivity contribution in [3.05, 3.63) is 59.7 Å². The average Bonchev–Trinajstić information content (AvgIpc) is 2.68. The summed E-state index contributed by atoms with van der Waals surface area (Å²) in [5, 5.41) is 16.9. The molecule has 2 aromatic carbocycles. The first kappa shape index (κ1) is 20.6. The summed E-state index contributed by atoms with van der Waals surface area (Å²) in [6.07, 6.45) is 2.72. The van der Waals surface area contributed by atoms with Gasteiger partial charge in [0.05, 0.1) is 7.11 Å².